The van der Waals surface area contributed by atoms with Gasteiger partial charge in [0.2, 0.25) is 0 Å². The van der Waals surface area contributed by atoms with Gasteiger partial charge in [0.1, 0.15) is 5.82 Å². The number of nitrogens with zero attached hydrogens (tertiary/aromatic N) is 1. The second-order valence-electron chi connectivity index (χ2n) is 5.81. The van der Waals surface area contributed by atoms with Crippen LogP contribution in [0.1, 0.15) is 23.2 Å². The van der Waals surface area contributed by atoms with E-state index in [1.807, 2.05) is 18.2 Å². The molecule has 1 aromatic heterocycles. The van der Waals surface area contributed by atoms with Crippen LogP contribution in [0.25, 0.3) is 10.9 Å². The van der Waals surface area contributed by atoms with Crippen molar-refractivity contribution >= 4 is 22.5 Å². The Bertz CT molecular complexity index is 824. The van der Waals surface area contributed by atoms with E-state index >= 15 is 0 Å². The molecule has 0 radical (unpaired) electrons. The Morgan fingerprint density at radius 2 is 1.91 bits per heavy atom. The maximum absolute atomic E-state index is 14.0. The molecule has 2 N–H and O–H groups in total. The van der Waals surface area contributed by atoms with Crippen LogP contribution in [0.3, 0.4) is 0 Å². The molecule has 0 aliphatic heterocycles. The van der Waals surface area contributed by atoms with Gasteiger partial charge >= 0.3 is 0 Å². The summed E-state index contributed by atoms with van der Waals surface area (Å²) in [6.07, 6.45) is 1.73. The number of nitrogens with two attached hydrogens (primary N) is 1. The molecule has 0 saturated heterocycles. The maximum atomic E-state index is 14.0. The molecule has 120 valence electrons. The van der Waals surface area contributed by atoms with Crippen LogP contribution < -0.4 is 5.73 Å². The Morgan fingerprint density at radius 3 is 2.61 bits per heavy atom. The van der Waals surface area contributed by atoms with Crippen LogP contribution in [-0.2, 0) is 13.0 Å². The average Bonchev–Trinajstić information content (AvgIpc) is 2.79. The van der Waals surface area contributed by atoms with Crippen molar-refractivity contribution in [2.45, 2.75) is 26.3 Å². The zero-order valence-electron chi connectivity index (χ0n) is 13.2. The third kappa shape index (κ3) is 3.12. The summed E-state index contributed by atoms with van der Waals surface area (Å²) in [5, 5.41) is 1.10. The Morgan fingerprint density at radius 1 is 1.17 bits per heavy atom. The van der Waals surface area contributed by atoms with E-state index in [-0.39, 0.29) is 10.8 Å². The van der Waals surface area contributed by atoms with Crippen molar-refractivity contribution in [3.8, 4) is 0 Å². The largest absolute Gasteiger partial charge is 0.340 e. The van der Waals surface area contributed by atoms with E-state index in [2.05, 4.69) is 23.6 Å². The average molecular weight is 331 g/mol. The first kappa shape index (κ1) is 16.0. The van der Waals surface area contributed by atoms with Gasteiger partial charge < -0.3 is 10.3 Å². The zero-order valence-corrected chi connectivity index (χ0v) is 13.9. The molecule has 3 rings (SSSR count). The predicted molar refractivity (Wildman–Crippen MR) is 94.6 cm³/mol. The van der Waals surface area contributed by atoms with Gasteiger partial charge in [-0.15, -0.1) is 0 Å². The van der Waals surface area contributed by atoms with Gasteiger partial charge in [0, 0.05) is 17.6 Å². The number of hydrogen-bond donors (Lipinski definition) is 1. The second-order valence-corrected chi connectivity index (χ2v) is 6.22. The van der Waals surface area contributed by atoms with Gasteiger partial charge in [0.15, 0.2) is 0 Å². The third-order valence-electron chi connectivity index (χ3n) is 4.31. The number of aromatic nitrogens is 1. The van der Waals surface area contributed by atoms with Gasteiger partial charge in [-0.1, -0.05) is 41.9 Å². The molecule has 2 aromatic carbocycles. The lowest BCUT2D eigenvalue weighted by molar-refractivity contribution is 0.630. The van der Waals surface area contributed by atoms with Crippen LogP contribution in [0.15, 0.2) is 42.5 Å². The Hall–Kier alpha value is -1.84. The van der Waals surface area contributed by atoms with E-state index in [4.69, 9.17) is 17.3 Å². The minimum atomic E-state index is -0.370. The highest BCUT2D eigenvalue weighted by Gasteiger charge is 2.16. The first-order chi connectivity index (χ1) is 11.1. The smallest absolute Gasteiger partial charge is 0.142 e. The number of rotatable bonds is 5. The Labute approximate surface area is 140 Å². The number of aryl methyl sites for hydroxylation is 1. The van der Waals surface area contributed by atoms with Gasteiger partial charge in [0.05, 0.1) is 10.5 Å². The van der Waals surface area contributed by atoms with Gasteiger partial charge in [-0.2, -0.15) is 0 Å². The summed E-state index contributed by atoms with van der Waals surface area (Å²) in [6, 6.07) is 13.5. The molecule has 0 amide bonds. The quantitative estimate of drug-likeness (QED) is 0.723. The highest BCUT2D eigenvalue weighted by atomic mass is 35.5. The molecule has 0 aliphatic rings. The maximum Gasteiger partial charge on any atom is 0.142 e. The fourth-order valence-electron chi connectivity index (χ4n) is 3.10. The van der Waals surface area contributed by atoms with Crippen molar-refractivity contribution in [3.63, 3.8) is 0 Å². The molecule has 0 saturated carbocycles. The van der Waals surface area contributed by atoms with E-state index in [9.17, 15) is 4.39 Å². The van der Waals surface area contributed by atoms with Crippen LogP contribution in [0.2, 0.25) is 5.02 Å². The highest BCUT2D eigenvalue weighted by Crippen LogP contribution is 2.31. The van der Waals surface area contributed by atoms with Crippen molar-refractivity contribution in [1.82, 2.24) is 4.57 Å². The lowest BCUT2D eigenvalue weighted by Crippen LogP contribution is -2.04. The summed E-state index contributed by atoms with van der Waals surface area (Å²) >= 11 is 6.02. The van der Waals surface area contributed by atoms with E-state index in [0.717, 1.165) is 41.5 Å². The molecule has 0 atom stereocenters. The van der Waals surface area contributed by atoms with Crippen LogP contribution in [-0.4, -0.2) is 11.1 Å². The predicted octanol–water partition coefficient (Wildman–Crippen LogP) is 4.68. The van der Waals surface area contributed by atoms with Crippen LogP contribution >= 0.6 is 11.6 Å². The molecule has 0 spiro atoms. The number of benzene rings is 2. The molecule has 4 heteroatoms. The highest BCUT2D eigenvalue weighted by molar-refractivity contribution is 6.31. The summed E-state index contributed by atoms with van der Waals surface area (Å²) in [5.74, 6) is -0.370. The van der Waals surface area contributed by atoms with E-state index in [1.165, 1.54) is 5.56 Å². The molecule has 0 fully saturated rings. The Balaban J connectivity index is 2.15. The minimum Gasteiger partial charge on any atom is -0.340 e. The monoisotopic (exact) mass is 330 g/mol. The third-order valence-corrected chi connectivity index (χ3v) is 4.60. The molecular formula is C19H20ClFN2. The fraction of sp³-hybridized carbons (Fsp3) is 0.263. The standard InChI is InChI=1S/C19H20ClFN2/c1-13-15(8-5-9-22)16-10-18(21)17(20)11-19(16)23(13)12-14-6-3-2-4-7-14/h2-4,6-7,10-11H,5,8-9,12,22H2,1H3. The minimum absolute atomic E-state index is 0.162. The lowest BCUT2D eigenvalue weighted by Gasteiger charge is -2.09. The fourth-order valence-corrected chi connectivity index (χ4v) is 3.26. The number of halogens is 2. The summed E-state index contributed by atoms with van der Waals surface area (Å²) < 4.78 is 16.2. The van der Waals surface area contributed by atoms with Gasteiger partial charge in [-0.3, -0.25) is 0 Å². The van der Waals surface area contributed by atoms with Crippen molar-refractivity contribution in [3.05, 3.63) is 70.1 Å². The molecule has 0 aliphatic carbocycles. The Kier molecular flexibility index (Phi) is 4.69. The summed E-state index contributed by atoms with van der Waals surface area (Å²) in [6.45, 7) is 3.45. The summed E-state index contributed by atoms with van der Waals surface area (Å²) in [4.78, 5) is 0. The van der Waals surface area contributed by atoms with Crippen molar-refractivity contribution in [1.29, 1.82) is 0 Å². The molecule has 1 heterocycles. The summed E-state index contributed by atoms with van der Waals surface area (Å²) in [5.41, 5.74) is 10.2. The topological polar surface area (TPSA) is 30.9 Å². The number of hydrogen-bond acceptors (Lipinski definition) is 1. The SMILES string of the molecule is Cc1c(CCCN)c2cc(F)c(Cl)cc2n1Cc1ccccc1. The van der Waals surface area contributed by atoms with Crippen molar-refractivity contribution < 1.29 is 4.39 Å². The molecule has 2 nitrogen and oxygen atoms in total. The van der Waals surface area contributed by atoms with Crippen molar-refractivity contribution in [2.24, 2.45) is 5.73 Å². The normalized spacial score (nSPS) is 11.3. The second kappa shape index (κ2) is 6.73. The zero-order chi connectivity index (χ0) is 16.4. The molecule has 3 aromatic rings. The van der Waals surface area contributed by atoms with Crippen molar-refractivity contribution in [2.75, 3.05) is 6.54 Å². The molecule has 0 bridgehead atoms. The molecule has 0 unspecified atom stereocenters. The first-order valence-electron chi connectivity index (χ1n) is 7.82. The van der Waals surface area contributed by atoms with Gasteiger partial charge in [-0.25, -0.2) is 4.39 Å². The van der Waals surface area contributed by atoms with Crippen LogP contribution in [0.4, 0.5) is 4.39 Å². The lowest BCUT2D eigenvalue weighted by atomic mass is 10.1. The van der Waals surface area contributed by atoms with Crippen LogP contribution in [0.5, 0.6) is 0 Å². The van der Waals surface area contributed by atoms with E-state index in [1.54, 1.807) is 12.1 Å². The summed E-state index contributed by atoms with van der Waals surface area (Å²) in [7, 11) is 0. The molecular weight excluding hydrogens is 311 g/mol. The van der Waals surface area contributed by atoms with E-state index < -0.39 is 0 Å². The van der Waals surface area contributed by atoms with Gasteiger partial charge in [-0.05, 0) is 49.6 Å². The van der Waals surface area contributed by atoms with E-state index in [0.29, 0.717) is 6.54 Å². The number of fused-ring (bicyclic) bond motifs is 1. The first-order valence-corrected chi connectivity index (χ1v) is 8.20. The van der Waals surface area contributed by atoms with Gasteiger partial charge in [0.25, 0.3) is 0 Å². The molecule has 23 heavy (non-hydrogen) atoms. The van der Waals surface area contributed by atoms with Crippen LogP contribution in [0, 0.1) is 12.7 Å².